The number of allylic oxidation sites excluding steroid dienone is 1. The van der Waals surface area contributed by atoms with E-state index in [0.717, 1.165) is 21.8 Å². The standard InChI is InChI=1S/C25H30N4O3S2/c1-8-13-29-21(17-9-11-18(12-10-17)25(4,5)6)27-28-24(29)33-14-19(30)26-22-20(23(31)32-7)15(2)16(3)34-22/h8-12H,1,13-14H2,2-7H3,(H,26,30). The zero-order chi connectivity index (χ0) is 25.0. The lowest BCUT2D eigenvalue weighted by atomic mass is 9.87. The van der Waals surface area contributed by atoms with E-state index < -0.39 is 5.97 Å². The van der Waals surface area contributed by atoms with E-state index in [1.54, 1.807) is 6.08 Å². The van der Waals surface area contributed by atoms with Crippen LogP contribution in [0.2, 0.25) is 0 Å². The number of ether oxygens (including phenoxy) is 1. The molecule has 180 valence electrons. The molecule has 1 amide bonds. The lowest BCUT2D eigenvalue weighted by Gasteiger charge is -2.19. The van der Waals surface area contributed by atoms with Gasteiger partial charge in [-0.2, -0.15) is 0 Å². The van der Waals surface area contributed by atoms with Gasteiger partial charge in [-0.05, 0) is 30.4 Å². The SMILES string of the molecule is C=CCn1c(SCC(=O)Nc2sc(C)c(C)c2C(=O)OC)nnc1-c1ccc(C(C)(C)C)cc1. The second-order valence-electron chi connectivity index (χ2n) is 8.85. The molecule has 3 rings (SSSR count). The summed E-state index contributed by atoms with van der Waals surface area (Å²) >= 11 is 2.65. The van der Waals surface area contributed by atoms with Crippen molar-refractivity contribution in [1.29, 1.82) is 0 Å². The largest absolute Gasteiger partial charge is 0.465 e. The Morgan fingerprint density at radius 2 is 1.88 bits per heavy atom. The van der Waals surface area contributed by atoms with Crippen LogP contribution in [0.15, 0.2) is 42.1 Å². The Bertz CT molecular complexity index is 1200. The second kappa shape index (κ2) is 10.6. The third-order valence-electron chi connectivity index (χ3n) is 5.40. The summed E-state index contributed by atoms with van der Waals surface area (Å²) in [4.78, 5) is 25.8. The first-order chi connectivity index (χ1) is 16.1. The average Bonchev–Trinajstić information content (AvgIpc) is 3.31. The highest BCUT2D eigenvalue weighted by molar-refractivity contribution is 7.99. The highest BCUT2D eigenvalue weighted by Gasteiger charge is 2.22. The summed E-state index contributed by atoms with van der Waals surface area (Å²) in [5.41, 5.74) is 3.47. The van der Waals surface area contributed by atoms with E-state index in [0.29, 0.717) is 22.3 Å². The number of esters is 1. The van der Waals surface area contributed by atoms with Crippen LogP contribution in [0.4, 0.5) is 5.00 Å². The number of thioether (sulfide) groups is 1. The fourth-order valence-electron chi connectivity index (χ4n) is 3.38. The Morgan fingerprint density at radius 1 is 1.21 bits per heavy atom. The molecule has 0 aliphatic carbocycles. The Labute approximate surface area is 208 Å². The summed E-state index contributed by atoms with van der Waals surface area (Å²) in [6.45, 7) is 14.6. The molecule has 1 aromatic carbocycles. The van der Waals surface area contributed by atoms with E-state index in [4.69, 9.17) is 4.74 Å². The van der Waals surface area contributed by atoms with E-state index >= 15 is 0 Å². The van der Waals surface area contributed by atoms with Crippen molar-refractivity contribution in [3.05, 3.63) is 58.5 Å². The number of nitrogens with one attached hydrogen (secondary N) is 1. The van der Waals surface area contributed by atoms with Gasteiger partial charge in [0.15, 0.2) is 11.0 Å². The van der Waals surface area contributed by atoms with Crippen LogP contribution < -0.4 is 5.32 Å². The first-order valence-corrected chi connectivity index (χ1v) is 12.6. The number of hydrogen-bond acceptors (Lipinski definition) is 7. The zero-order valence-corrected chi connectivity index (χ0v) is 22.0. The zero-order valence-electron chi connectivity index (χ0n) is 20.4. The number of rotatable bonds is 8. The fourth-order valence-corrected chi connectivity index (χ4v) is 5.19. The molecule has 7 nitrogen and oxygen atoms in total. The van der Waals surface area contributed by atoms with E-state index in [1.807, 2.05) is 30.5 Å². The molecule has 0 saturated carbocycles. The molecule has 9 heteroatoms. The minimum atomic E-state index is -0.461. The number of carbonyl (C=O) groups excluding carboxylic acids is 2. The molecular weight excluding hydrogens is 468 g/mol. The van der Waals surface area contributed by atoms with Gasteiger partial charge in [0.2, 0.25) is 5.91 Å². The number of methoxy groups -OCH3 is 1. The topological polar surface area (TPSA) is 86.1 Å². The molecule has 0 unspecified atom stereocenters. The van der Waals surface area contributed by atoms with Gasteiger partial charge < -0.3 is 10.1 Å². The van der Waals surface area contributed by atoms with Crippen LogP contribution in [-0.2, 0) is 21.5 Å². The highest BCUT2D eigenvalue weighted by atomic mass is 32.2. The first-order valence-electron chi connectivity index (χ1n) is 10.8. The molecule has 0 aliphatic rings. The van der Waals surface area contributed by atoms with E-state index in [2.05, 4.69) is 55.0 Å². The third-order valence-corrected chi connectivity index (χ3v) is 7.49. The predicted octanol–water partition coefficient (Wildman–Crippen LogP) is 5.62. The Kier molecular flexibility index (Phi) is 7.99. The number of hydrogen-bond donors (Lipinski definition) is 1. The number of carbonyl (C=O) groups is 2. The van der Waals surface area contributed by atoms with Crippen LogP contribution in [0.25, 0.3) is 11.4 Å². The van der Waals surface area contributed by atoms with Gasteiger partial charge in [0, 0.05) is 17.0 Å². The molecule has 0 atom stereocenters. The second-order valence-corrected chi connectivity index (χ2v) is 11.0. The van der Waals surface area contributed by atoms with Crippen LogP contribution in [0, 0.1) is 13.8 Å². The average molecular weight is 499 g/mol. The van der Waals surface area contributed by atoms with Gasteiger partial charge in [-0.15, -0.1) is 28.1 Å². The van der Waals surface area contributed by atoms with E-state index in [1.165, 1.54) is 35.8 Å². The lowest BCUT2D eigenvalue weighted by molar-refractivity contribution is -0.113. The summed E-state index contributed by atoms with van der Waals surface area (Å²) in [7, 11) is 1.33. The quantitative estimate of drug-likeness (QED) is 0.246. The number of benzene rings is 1. The Hall–Kier alpha value is -2.91. The number of aromatic nitrogens is 3. The maximum atomic E-state index is 12.7. The molecular formula is C25H30N4O3S2. The third kappa shape index (κ3) is 5.59. The molecule has 0 saturated heterocycles. The van der Waals surface area contributed by atoms with Crippen molar-refractivity contribution >= 4 is 40.0 Å². The lowest BCUT2D eigenvalue weighted by Crippen LogP contribution is -2.16. The van der Waals surface area contributed by atoms with Gasteiger partial charge in [-0.25, -0.2) is 4.79 Å². The van der Waals surface area contributed by atoms with Crippen LogP contribution in [0.3, 0.4) is 0 Å². The van der Waals surface area contributed by atoms with Crippen LogP contribution in [-0.4, -0.2) is 39.5 Å². The predicted molar refractivity (Wildman–Crippen MR) is 139 cm³/mol. The summed E-state index contributed by atoms with van der Waals surface area (Å²) in [6, 6.07) is 8.29. The van der Waals surface area contributed by atoms with Crippen molar-refractivity contribution in [2.75, 3.05) is 18.2 Å². The van der Waals surface area contributed by atoms with Crippen molar-refractivity contribution in [3.63, 3.8) is 0 Å². The molecule has 2 heterocycles. The maximum absolute atomic E-state index is 12.7. The monoisotopic (exact) mass is 498 g/mol. The van der Waals surface area contributed by atoms with E-state index in [-0.39, 0.29) is 17.1 Å². The Balaban J connectivity index is 1.76. The van der Waals surface area contributed by atoms with Crippen LogP contribution in [0.5, 0.6) is 0 Å². The van der Waals surface area contributed by atoms with E-state index in [9.17, 15) is 9.59 Å². The van der Waals surface area contributed by atoms with Gasteiger partial charge in [-0.3, -0.25) is 9.36 Å². The molecule has 34 heavy (non-hydrogen) atoms. The molecule has 1 N–H and O–H groups in total. The number of aryl methyl sites for hydroxylation is 1. The van der Waals surface area contributed by atoms with Crippen molar-refractivity contribution in [1.82, 2.24) is 14.8 Å². The number of thiophene rings is 1. The molecule has 0 spiro atoms. The fraction of sp³-hybridized carbons (Fsp3) is 0.360. The highest BCUT2D eigenvalue weighted by Crippen LogP contribution is 2.33. The van der Waals surface area contributed by atoms with Crippen molar-refractivity contribution in [3.8, 4) is 11.4 Å². The smallest absolute Gasteiger partial charge is 0.341 e. The molecule has 2 aromatic heterocycles. The van der Waals surface area contributed by atoms with Gasteiger partial charge >= 0.3 is 5.97 Å². The van der Waals surface area contributed by atoms with Crippen molar-refractivity contribution < 1.29 is 14.3 Å². The first kappa shape index (κ1) is 25.7. The van der Waals surface area contributed by atoms with Gasteiger partial charge in [-0.1, -0.05) is 62.9 Å². The van der Waals surface area contributed by atoms with Gasteiger partial charge in [0.05, 0.1) is 18.4 Å². The molecule has 0 bridgehead atoms. The minimum absolute atomic E-state index is 0.0646. The molecule has 0 aliphatic heterocycles. The van der Waals surface area contributed by atoms with Crippen LogP contribution >= 0.6 is 23.1 Å². The van der Waals surface area contributed by atoms with Crippen molar-refractivity contribution in [2.24, 2.45) is 0 Å². The molecule has 0 radical (unpaired) electrons. The minimum Gasteiger partial charge on any atom is -0.465 e. The van der Waals surface area contributed by atoms with Gasteiger partial charge in [0.25, 0.3) is 0 Å². The van der Waals surface area contributed by atoms with Gasteiger partial charge in [0.1, 0.15) is 5.00 Å². The number of nitrogens with zero attached hydrogens (tertiary/aromatic N) is 3. The normalized spacial score (nSPS) is 11.4. The maximum Gasteiger partial charge on any atom is 0.341 e. The Morgan fingerprint density at radius 3 is 2.47 bits per heavy atom. The summed E-state index contributed by atoms with van der Waals surface area (Å²) in [5.74, 6) is 0.147. The summed E-state index contributed by atoms with van der Waals surface area (Å²) < 4.78 is 6.82. The summed E-state index contributed by atoms with van der Waals surface area (Å²) in [5, 5.41) is 12.7. The number of amides is 1. The number of anilines is 1. The van der Waals surface area contributed by atoms with Crippen LogP contribution in [0.1, 0.15) is 47.1 Å². The summed E-state index contributed by atoms with van der Waals surface area (Å²) in [6.07, 6.45) is 1.78. The molecule has 3 aromatic rings. The van der Waals surface area contributed by atoms with Crippen molar-refractivity contribution in [2.45, 2.75) is 51.7 Å². The molecule has 0 fully saturated rings.